The van der Waals surface area contributed by atoms with E-state index in [1.165, 1.54) is 4.90 Å². The van der Waals surface area contributed by atoms with Gasteiger partial charge in [0.25, 0.3) is 0 Å². The van der Waals surface area contributed by atoms with Gasteiger partial charge in [0.05, 0.1) is 18.8 Å². The third-order valence-electron chi connectivity index (χ3n) is 8.18. The van der Waals surface area contributed by atoms with Gasteiger partial charge >= 0.3 is 5.97 Å². The molecule has 2 aromatic carbocycles. The van der Waals surface area contributed by atoms with Gasteiger partial charge in [-0.3, -0.25) is 14.4 Å². The number of nitrogens with zero attached hydrogens (tertiary/aromatic N) is 1. The maximum atomic E-state index is 13.8. The van der Waals surface area contributed by atoms with Crippen LogP contribution in [0.3, 0.4) is 0 Å². The van der Waals surface area contributed by atoms with E-state index < -0.39 is 47.8 Å². The average molecular weight is 607 g/mol. The van der Waals surface area contributed by atoms with Crippen LogP contribution in [-0.4, -0.2) is 82.0 Å². The van der Waals surface area contributed by atoms with E-state index in [1.54, 1.807) is 26.8 Å². The Morgan fingerprint density at radius 1 is 1.05 bits per heavy atom. The lowest BCUT2D eigenvalue weighted by Gasteiger charge is -2.31. The van der Waals surface area contributed by atoms with E-state index in [9.17, 15) is 24.6 Å². The van der Waals surface area contributed by atoms with Crippen molar-refractivity contribution in [3.05, 3.63) is 83.4 Å². The van der Waals surface area contributed by atoms with Crippen molar-refractivity contribution in [2.24, 2.45) is 0 Å². The third kappa shape index (κ3) is 6.89. The van der Waals surface area contributed by atoms with Gasteiger partial charge in [0, 0.05) is 36.1 Å². The first kappa shape index (κ1) is 31.8. The predicted octanol–water partition coefficient (Wildman–Crippen LogP) is 2.95. The quantitative estimate of drug-likeness (QED) is 0.371. The molecule has 0 radical (unpaired) electrons. The number of carbonyl (C=O) groups excluding carboxylic acids is 3. The van der Waals surface area contributed by atoms with E-state index in [1.807, 2.05) is 60.7 Å². The van der Waals surface area contributed by atoms with E-state index >= 15 is 0 Å². The van der Waals surface area contributed by atoms with Crippen molar-refractivity contribution in [3.8, 4) is 0 Å². The normalized spacial score (nSPS) is 25.1. The van der Waals surface area contributed by atoms with Crippen LogP contribution in [0.25, 0.3) is 0 Å². The molecule has 5 atom stereocenters. The zero-order valence-corrected chi connectivity index (χ0v) is 25.5. The minimum atomic E-state index is -1.26. The SMILES string of the molecule is CC(C)(C)OC(=O)CCC(CO)NC(=O)C1CCCN1C(=O)C1=CC2OC(c3ccccc3)(c3ccccc3)OC2C(O)C1. The molecule has 44 heavy (non-hydrogen) atoms. The fraction of sp³-hybridized carbons (Fsp3) is 0.500. The molecule has 3 N–H and O–H groups in total. The zero-order valence-electron chi connectivity index (χ0n) is 25.5. The Hall–Kier alpha value is -3.57. The first-order valence-corrected chi connectivity index (χ1v) is 15.3. The summed E-state index contributed by atoms with van der Waals surface area (Å²) in [6.45, 7) is 5.36. The molecule has 0 aromatic heterocycles. The van der Waals surface area contributed by atoms with Crippen LogP contribution >= 0.6 is 0 Å². The average Bonchev–Trinajstić information content (AvgIpc) is 3.65. The number of ether oxygens (including phenoxy) is 3. The van der Waals surface area contributed by atoms with E-state index in [0.29, 0.717) is 25.0 Å². The highest BCUT2D eigenvalue weighted by Crippen LogP contribution is 2.46. The minimum absolute atomic E-state index is 0.0406. The molecule has 0 spiro atoms. The number of carbonyl (C=O) groups is 3. The Kier molecular flexibility index (Phi) is 9.55. The molecule has 10 nitrogen and oxygen atoms in total. The van der Waals surface area contributed by atoms with Gasteiger partial charge in [-0.25, -0.2) is 0 Å². The molecule has 1 aliphatic carbocycles. The summed E-state index contributed by atoms with van der Waals surface area (Å²) in [7, 11) is 0. The Balaban J connectivity index is 1.29. The summed E-state index contributed by atoms with van der Waals surface area (Å²) in [6.07, 6.45) is 0.742. The lowest BCUT2D eigenvalue weighted by Crippen LogP contribution is -2.51. The topological polar surface area (TPSA) is 135 Å². The van der Waals surface area contributed by atoms with Gasteiger partial charge in [0.2, 0.25) is 17.6 Å². The molecule has 5 unspecified atom stereocenters. The molecular weight excluding hydrogens is 564 g/mol. The van der Waals surface area contributed by atoms with Crippen LogP contribution in [0.2, 0.25) is 0 Å². The monoisotopic (exact) mass is 606 g/mol. The number of hydrogen-bond acceptors (Lipinski definition) is 8. The van der Waals surface area contributed by atoms with Crippen LogP contribution in [0.1, 0.15) is 64.0 Å². The number of hydrogen-bond donors (Lipinski definition) is 3. The number of likely N-dealkylation sites (tertiary alicyclic amines) is 1. The summed E-state index contributed by atoms with van der Waals surface area (Å²) in [4.78, 5) is 40.7. The standard InChI is InChI=1S/C34H42N2O8/c1-33(2,3)43-29(39)17-16-25(21-37)35-31(40)26-15-10-18-36(26)32(41)22-19-27(38)30-28(20-22)42-34(44-30,23-11-6-4-7-12-23)24-13-8-5-9-14-24/h4-9,11-14,20,25-28,30,37-38H,10,15-19,21H2,1-3H3,(H,35,40). The number of fused-ring (bicyclic) bond motifs is 1. The maximum Gasteiger partial charge on any atom is 0.306 e. The van der Waals surface area contributed by atoms with Gasteiger partial charge in [-0.15, -0.1) is 0 Å². The maximum absolute atomic E-state index is 13.8. The number of nitrogens with one attached hydrogen (secondary N) is 1. The number of amides is 2. The first-order chi connectivity index (χ1) is 21.0. The Morgan fingerprint density at radius 3 is 2.27 bits per heavy atom. The summed E-state index contributed by atoms with van der Waals surface area (Å²) in [6, 6.07) is 17.6. The molecule has 2 saturated heterocycles. The van der Waals surface area contributed by atoms with Crippen molar-refractivity contribution in [2.45, 2.75) is 94.7 Å². The number of aliphatic hydroxyl groups excluding tert-OH is 2. The lowest BCUT2D eigenvalue weighted by atomic mass is 9.91. The Bertz CT molecular complexity index is 1320. The second-order valence-electron chi connectivity index (χ2n) is 12.6. The molecule has 2 amide bonds. The van der Waals surface area contributed by atoms with Crippen LogP contribution in [0.15, 0.2) is 72.3 Å². The van der Waals surface area contributed by atoms with E-state index in [0.717, 1.165) is 11.1 Å². The number of benzene rings is 2. The van der Waals surface area contributed by atoms with Gasteiger partial charge < -0.3 is 34.6 Å². The van der Waals surface area contributed by atoms with E-state index in [2.05, 4.69) is 5.32 Å². The first-order valence-electron chi connectivity index (χ1n) is 15.3. The van der Waals surface area contributed by atoms with Crippen LogP contribution in [0.4, 0.5) is 0 Å². The molecule has 2 heterocycles. The van der Waals surface area contributed by atoms with Crippen molar-refractivity contribution in [2.75, 3.05) is 13.2 Å². The minimum Gasteiger partial charge on any atom is -0.460 e. The van der Waals surface area contributed by atoms with Gasteiger partial charge in [-0.2, -0.15) is 0 Å². The summed E-state index contributed by atoms with van der Waals surface area (Å²) in [5.74, 6) is -2.40. The fourth-order valence-corrected chi connectivity index (χ4v) is 6.15. The zero-order chi connectivity index (χ0) is 31.5. The van der Waals surface area contributed by atoms with Crippen LogP contribution in [0.5, 0.6) is 0 Å². The molecule has 2 aliphatic heterocycles. The highest BCUT2D eigenvalue weighted by atomic mass is 16.8. The van der Waals surface area contributed by atoms with Gasteiger partial charge in [0.15, 0.2) is 0 Å². The molecule has 0 bridgehead atoms. The van der Waals surface area contributed by atoms with E-state index in [-0.39, 0.29) is 37.7 Å². The molecule has 0 saturated carbocycles. The highest BCUT2D eigenvalue weighted by Gasteiger charge is 2.54. The summed E-state index contributed by atoms with van der Waals surface area (Å²) in [5.41, 5.74) is 1.29. The fourth-order valence-electron chi connectivity index (χ4n) is 6.15. The van der Waals surface area contributed by atoms with Crippen molar-refractivity contribution in [3.63, 3.8) is 0 Å². The largest absolute Gasteiger partial charge is 0.460 e. The van der Waals surface area contributed by atoms with Crippen molar-refractivity contribution in [1.29, 1.82) is 0 Å². The molecule has 5 rings (SSSR count). The summed E-state index contributed by atoms with van der Waals surface area (Å²) in [5, 5.41) is 23.9. The Labute approximate surface area is 258 Å². The smallest absolute Gasteiger partial charge is 0.306 e. The Morgan fingerprint density at radius 2 is 1.68 bits per heavy atom. The van der Waals surface area contributed by atoms with Crippen LogP contribution in [-0.2, 0) is 34.4 Å². The van der Waals surface area contributed by atoms with Crippen LogP contribution in [0, 0.1) is 0 Å². The van der Waals surface area contributed by atoms with Crippen molar-refractivity contribution >= 4 is 17.8 Å². The molecule has 2 fully saturated rings. The van der Waals surface area contributed by atoms with Crippen LogP contribution < -0.4 is 5.32 Å². The number of aliphatic hydroxyl groups is 2. The molecule has 2 aromatic rings. The highest BCUT2D eigenvalue weighted by molar-refractivity contribution is 5.97. The van der Waals surface area contributed by atoms with E-state index in [4.69, 9.17) is 14.2 Å². The van der Waals surface area contributed by atoms with Crippen molar-refractivity contribution in [1.82, 2.24) is 10.2 Å². The van der Waals surface area contributed by atoms with Crippen molar-refractivity contribution < 1.29 is 38.8 Å². The summed E-state index contributed by atoms with van der Waals surface area (Å²) >= 11 is 0. The molecular formula is C34H42N2O8. The lowest BCUT2D eigenvalue weighted by molar-refractivity contribution is -0.156. The number of rotatable bonds is 9. The summed E-state index contributed by atoms with van der Waals surface area (Å²) < 4.78 is 18.4. The molecule has 3 aliphatic rings. The number of esters is 1. The second kappa shape index (κ2) is 13.2. The predicted molar refractivity (Wildman–Crippen MR) is 161 cm³/mol. The van der Waals surface area contributed by atoms with Gasteiger partial charge in [0.1, 0.15) is 23.9 Å². The van der Waals surface area contributed by atoms with Gasteiger partial charge in [-0.1, -0.05) is 60.7 Å². The molecule has 236 valence electrons. The molecule has 10 heteroatoms. The second-order valence-corrected chi connectivity index (χ2v) is 12.6. The third-order valence-corrected chi connectivity index (χ3v) is 8.18. The van der Waals surface area contributed by atoms with Gasteiger partial charge in [-0.05, 0) is 46.1 Å².